The second-order valence-corrected chi connectivity index (χ2v) is 3.91. The Morgan fingerprint density at radius 1 is 1.30 bits per heavy atom. The lowest BCUT2D eigenvalue weighted by Crippen LogP contribution is -2.10. The van der Waals surface area contributed by atoms with Gasteiger partial charge in [0.15, 0.2) is 0 Å². The molecule has 1 aromatic heterocycles. The van der Waals surface area contributed by atoms with E-state index in [0.717, 1.165) is 23.6 Å². The molecule has 0 amide bonds. The van der Waals surface area contributed by atoms with E-state index >= 15 is 0 Å². The molecule has 0 spiro atoms. The van der Waals surface area contributed by atoms with Crippen LogP contribution >= 0.6 is 0 Å². The lowest BCUT2D eigenvalue weighted by Gasteiger charge is -2.06. The summed E-state index contributed by atoms with van der Waals surface area (Å²) in [5.74, 6) is -1.04. The highest BCUT2D eigenvalue weighted by Crippen LogP contribution is 2.13. The third-order valence-corrected chi connectivity index (χ3v) is 2.56. The molecule has 1 heterocycles. The number of aromatic carboxylic acids is 1. The number of hydrogen-bond acceptors (Lipinski definition) is 5. The molecule has 0 aliphatic rings. The molecule has 0 fully saturated rings. The SMILES string of the molecule is COc1ccc(COc2coc(C(=O)O)cc2=O)cc1. The van der Waals surface area contributed by atoms with Crippen molar-refractivity contribution in [3.8, 4) is 11.5 Å². The van der Waals surface area contributed by atoms with Gasteiger partial charge >= 0.3 is 5.97 Å². The molecule has 104 valence electrons. The smallest absolute Gasteiger partial charge is 0.371 e. The molecule has 1 aromatic carbocycles. The van der Waals surface area contributed by atoms with Crippen LogP contribution in [0, 0.1) is 0 Å². The summed E-state index contributed by atoms with van der Waals surface area (Å²) in [6, 6.07) is 8.02. The summed E-state index contributed by atoms with van der Waals surface area (Å²) >= 11 is 0. The maximum atomic E-state index is 11.6. The lowest BCUT2D eigenvalue weighted by molar-refractivity contribution is 0.0658. The van der Waals surface area contributed by atoms with E-state index in [1.54, 1.807) is 31.4 Å². The molecule has 20 heavy (non-hydrogen) atoms. The van der Waals surface area contributed by atoms with Crippen molar-refractivity contribution >= 4 is 5.97 Å². The molecule has 2 rings (SSSR count). The van der Waals surface area contributed by atoms with Crippen LogP contribution in [-0.4, -0.2) is 18.2 Å². The van der Waals surface area contributed by atoms with Gasteiger partial charge in [-0.25, -0.2) is 4.79 Å². The zero-order valence-electron chi connectivity index (χ0n) is 10.7. The van der Waals surface area contributed by atoms with E-state index in [-0.39, 0.29) is 12.4 Å². The van der Waals surface area contributed by atoms with Gasteiger partial charge in [-0.05, 0) is 17.7 Å². The largest absolute Gasteiger partial charge is 0.497 e. The van der Waals surface area contributed by atoms with Crippen LogP contribution in [0.3, 0.4) is 0 Å². The molecule has 0 saturated heterocycles. The highest BCUT2D eigenvalue weighted by molar-refractivity contribution is 5.84. The van der Waals surface area contributed by atoms with Crippen LogP contribution in [-0.2, 0) is 6.61 Å². The monoisotopic (exact) mass is 276 g/mol. The van der Waals surface area contributed by atoms with Gasteiger partial charge in [-0.1, -0.05) is 12.1 Å². The molecule has 0 unspecified atom stereocenters. The van der Waals surface area contributed by atoms with E-state index in [1.807, 2.05) is 0 Å². The first-order valence-electron chi connectivity index (χ1n) is 5.72. The van der Waals surface area contributed by atoms with E-state index in [1.165, 1.54) is 0 Å². The third-order valence-electron chi connectivity index (χ3n) is 2.56. The van der Waals surface area contributed by atoms with Crippen molar-refractivity contribution in [2.45, 2.75) is 6.61 Å². The number of hydrogen-bond donors (Lipinski definition) is 1. The van der Waals surface area contributed by atoms with Gasteiger partial charge in [0.1, 0.15) is 18.6 Å². The van der Waals surface area contributed by atoms with Crippen LogP contribution in [0.4, 0.5) is 0 Å². The van der Waals surface area contributed by atoms with Crippen LogP contribution < -0.4 is 14.9 Å². The Kier molecular flexibility index (Phi) is 4.05. The average Bonchev–Trinajstić information content (AvgIpc) is 2.46. The third kappa shape index (κ3) is 3.17. The van der Waals surface area contributed by atoms with E-state index in [0.29, 0.717) is 0 Å². The summed E-state index contributed by atoms with van der Waals surface area (Å²) in [4.78, 5) is 22.2. The van der Waals surface area contributed by atoms with Crippen molar-refractivity contribution in [3.05, 3.63) is 58.1 Å². The second-order valence-electron chi connectivity index (χ2n) is 3.91. The van der Waals surface area contributed by atoms with Crippen LogP contribution in [0.15, 0.2) is 45.8 Å². The second kappa shape index (κ2) is 5.92. The molecule has 2 aromatic rings. The predicted octanol–water partition coefficient (Wildman–Crippen LogP) is 1.93. The van der Waals surface area contributed by atoms with Gasteiger partial charge in [0.2, 0.25) is 16.9 Å². The van der Waals surface area contributed by atoms with Crippen molar-refractivity contribution in [3.63, 3.8) is 0 Å². The van der Waals surface area contributed by atoms with E-state index in [4.69, 9.17) is 19.0 Å². The van der Waals surface area contributed by atoms with Crippen molar-refractivity contribution < 1.29 is 23.8 Å². The van der Waals surface area contributed by atoms with Crippen LogP contribution in [0.5, 0.6) is 11.5 Å². The minimum absolute atomic E-state index is 0.0363. The van der Waals surface area contributed by atoms with Crippen molar-refractivity contribution in [2.24, 2.45) is 0 Å². The van der Waals surface area contributed by atoms with Crippen molar-refractivity contribution in [1.29, 1.82) is 0 Å². The maximum absolute atomic E-state index is 11.6. The summed E-state index contributed by atoms with van der Waals surface area (Å²) in [6.45, 7) is 0.168. The number of ether oxygens (including phenoxy) is 2. The number of carboxylic acids is 1. The van der Waals surface area contributed by atoms with E-state index in [2.05, 4.69) is 0 Å². The fraction of sp³-hybridized carbons (Fsp3) is 0.143. The normalized spacial score (nSPS) is 10.1. The van der Waals surface area contributed by atoms with Crippen LogP contribution in [0.25, 0.3) is 0 Å². The zero-order valence-corrected chi connectivity index (χ0v) is 10.7. The highest BCUT2D eigenvalue weighted by atomic mass is 16.5. The van der Waals surface area contributed by atoms with E-state index < -0.39 is 17.2 Å². The standard InChI is InChI=1S/C14H12O6/c1-18-10-4-2-9(3-5-10)7-19-13-8-20-12(14(16)17)6-11(13)15/h2-6,8H,7H2,1H3,(H,16,17). The quantitative estimate of drug-likeness (QED) is 0.898. The summed E-state index contributed by atoms with van der Waals surface area (Å²) in [5.41, 5.74) is 0.301. The molecule has 0 atom stereocenters. The summed E-state index contributed by atoms with van der Waals surface area (Å²) in [5, 5.41) is 8.67. The lowest BCUT2D eigenvalue weighted by atomic mass is 10.2. The Morgan fingerprint density at radius 2 is 2.00 bits per heavy atom. The molecule has 0 aliphatic carbocycles. The zero-order chi connectivity index (χ0) is 14.5. The Bertz CT molecular complexity index is 656. The first-order chi connectivity index (χ1) is 9.60. The van der Waals surface area contributed by atoms with Gasteiger partial charge in [0, 0.05) is 6.07 Å². The fourth-order valence-corrected chi connectivity index (χ4v) is 1.50. The Labute approximate surface area is 114 Å². The molecular formula is C14H12O6. The molecule has 0 aliphatic heterocycles. The number of methoxy groups -OCH3 is 1. The van der Waals surface area contributed by atoms with Crippen molar-refractivity contribution in [1.82, 2.24) is 0 Å². The summed E-state index contributed by atoms with van der Waals surface area (Å²) in [6.07, 6.45) is 0.995. The molecule has 6 nitrogen and oxygen atoms in total. The molecule has 0 saturated carbocycles. The molecule has 0 radical (unpaired) electrons. The first-order valence-corrected chi connectivity index (χ1v) is 5.72. The minimum Gasteiger partial charge on any atom is -0.497 e. The Balaban J connectivity index is 2.06. The van der Waals surface area contributed by atoms with Gasteiger partial charge in [-0.3, -0.25) is 4.79 Å². The molecule has 6 heteroatoms. The van der Waals surface area contributed by atoms with Crippen molar-refractivity contribution in [2.75, 3.05) is 7.11 Å². The van der Waals surface area contributed by atoms with Gasteiger partial charge in [-0.15, -0.1) is 0 Å². The Morgan fingerprint density at radius 3 is 2.55 bits per heavy atom. The van der Waals surface area contributed by atoms with Crippen LogP contribution in [0.1, 0.15) is 16.1 Å². The van der Waals surface area contributed by atoms with Gasteiger partial charge < -0.3 is 19.0 Å². The number of benzene rings is 1. The summed E-state index contributed by atoms with van der Waals surface area (Å²) < 4.78 is 15.1. The summed E-state index contributed by atoms with van der Waals surface area (Å²) in [7, 11) is 1.57. The predicted molar refractivity (Wildman–Crippen MR) is 69.3 cm³/mol. The van der Waals surface area contributed by atoms with Crippen LogP contribution in [0.2, 0.25) is 0 Å². The highest BCUT2D eigenvalue weighted by Gasteiger charge is 2.10. The topological polar surface area (TPSA) is 86.0 Å². The Hall–Kier alpha value is -2.76. The first kappa shape index (κ1) is 13.7. The van der Waals surface area contributed by atoms with Gasteiger partial charge in [0.25, 0.3) is 0 Å². The minimum atomic E-state index is -1.30. The maximum Gasteiger partial charge on any atom is 0.371 e. The molecule has 0 bridgehead atoms. The van der Waals surface area contributed by atoms with E-state index in [9.17, 15) is 9.59 Å². The molecule has 1 N–H and O–H groups in total. The molecular weight excluding hydrogens is 264 g/mol. The van der Waals surface area contributed by atoms with Gasteiger partial charge in [0.05, 0.1) is 7.11 Å². The number of carbonyl (C=O) groups is 1. The van der Waals surface area contributed by atoms with Gasteiger partial charge in [-0.2, -0.15) is 0 Å². The number of carboxylic acid groups (broad SMARTS) is 1. The fourth-order valence-electron chi connectivity index (χ4n) is 1.50. The average molecular weight is 276 g/mol. The number of rotatable bonds is 5.